The second-order valence-electron chi connectivity index (χ2n) is 7.40. The number of rotatable bonds is 5. The van der Waals surface area contributed by atoms with Crippen LogP contribution < -0.4 is 0 Å². The maximum Gasteiger partial charge on any atom is 0.389 e. The second kappa shape index (κ2) is 8.65. The van der Waals surface area contributed by atoms with Gasteiger partial charge in [0.1, 0.15) is 11.4 Å². The predicted octanol–water partition coefficient (Wildman–Crippen LogP) is 6.81. The van der Waals surface area contributed by atoms with Crippen molar-refractivity contribution in [2.45, 2.75) is 24.6 Å². The van der Waals surface area contributed by atoms with Crippen LogP contribution in [0, 0.1) is 0 Å². The number of para-hydroxylation sites is 2. The zero-order valence-electron chi connectivity index (χ0n) is 16.4. The Hall–Kier alpha value is -2.74. The molecule has 0 saturated heterocycles. The molecule has 9 heteroatoms. The SMILES string of the molecule is Oc1ccccc1-n1ncc2cc(C(O)C(CC(F)(F)F)c3ccc(Cl)cc3Cl)ccc21. The molecular formula is C23H17Cl2F3N2O2. The van der Waals surface area contributed by atoms with Crippen LogP contribution in [-0.2, 0) is 0 Å². The Kier molecular flexibility index (Phi) is 6.07. The minimum Gasteiger partial charge on any atom is -0.506 e. The van der Waals surface area contributed by atoms with Gasteiger partial charge in [-0.2, -0.15) is 18.3 Å². The van der Waals surface area contributed by atoms with E-state index in [1.165, 1.54) is 35.1 Å². The minimum atomic E-state index is -4.52. The average Bonchev–Trinajstić information content (AvgIpc) is 3.14. The Morgan fingerprint density at radius 2 is 1.75 bits per heavy atom. The Morgan fingerprint density at radius 1 is 1.00 bits per heavy atom. The lowest BCUT2D eigenvalue weighted by molar-refractivity contribution is -0.144. The molecule has 1 aromatic heterocycles. The molecule has 4 nitrogen and oxygen atoms in total. The third kappa shape index (κ3) is 4.55. The van der Waals surface area contributed by atoms with Gasteiger partial charge < -0.3 is 10.2 Å². The minimum absolute atomic E-state index is 0.0317. The Morgan fingerprint density at radius 3 is 2.44 bits per heavy atom. The molecule has 166 valence electrons. The van der Waals surface area contributed by atoms with Gasteiger partial charge in [0.2, 0.25) is 0 Å². The molecule has 0 aliphatic heterocycles. The van der Waals surface area contributed by atoms with E-state index in [9.17, 15) is 23.4 Å². The maximum absolute atomic E-state index is 13.3. The molecular weight excluding hydrogens is 464 g/mol. The Labute approximate surface area is 191 Å². The fourth-order valence-corrected chi connectivity index (χ4v) is 4.29. The summed E-state index contributed by atoms with van der Waals surface area (Å²) in [6, 6.07) is 15.6. The van der Waals surface area contributed by atoms with Crippen LogP contribution in [0.25, 0.3) is 16.6 Å². The summed E-state index contributed by atoms with van der Waals surface area (Å²) in [4.78, 5) is 0. The Bertz CT molecular complexity index is 1270. The van der Waals surface area contributed by atoms with Gasteiger partial charge in [-0.15, -0.1) is 0 Å². The number of alkyl halides is 3. The van der Waals surface area contributed by atoms with Crippen molar-refractivity contribution in [1.29, 1.82) is 0 Å². The number of halogens is 5. The first-order valence-corrected chi connectivity index (χ1v) is 10.4. The highest BCUT2D eigenvalue weighted by Gasteiger charge is 2.37. The first-order chi connectivity index (χ1) is 15.1. The summed E-state index contributed by atoms with van der Waals surface area (Å²) < 4.78 is 41.5. The summed E-state index contributed by atoms with van der Waals surface area (Å²) in [7, 11) is 0. The topological polar surface area (TPSA) is 58.3 Å². The number of aromatic nitrogens is 2. The highest BCUT2D eigenvalue weighted by molar-refractivity contribution is 6.35. The van der Waals surface area contributed by atoms with E-state index in [2.05, 4.69) is 5.10 Å². The van der Waals surface area contributed by atoms with Gasteiger partial charge in [0.25, 0.3) is 0 Å². The molecule has 1 heterocycles. The second-order valence-corrected chi connectivity index (χ2v) is 8.24. The van der Waals surface area contributed by atoms with Crippen molar-refractivity contribution in [2.24, 2.45) is 0 Å². The largest absolute Gasteiger partial charge is 0.506 e. The van der Waals surface area contributed by atoms with Crippen LogP contribution >= 0.6 is 23.2 Å². The van der Waals surface area contributed by atoms with E-state index in [1.807, 2.05) is 0 Å². The molecule has 32 heavy (non-hydrogen) atoms. The lowest BCUT2D eigenvalue weighted by Crippen LogP contribution is -2.20. The number of phenols is 1. The van der Waals surface area contributed by atoms with E-state index >= 15 is 0 Å². The van der Waals surface area contributed by atoms with Crippen LogP contribution in [0.15, 0.2) is 66.9 Å². The third-order valence-corrected chi connectivity index (χ3v) is 5.80. The summed E-state index contributed by atoms with van der Waals surface area (Å²) in [5, 5.41) is 26.3. The quantitative estimate of drug-likeness (QED) is 0.329. The van der Waals surface area contributed by atoms with Gasteiger partial charge in [0.05, 0.1) is 24.2 Å². The molecule has 2 unspecified atom stereocenters. The van der Waals surface area contributed by atoms with Crippen molar-refractivity contribution < 1.29 is 23.4 Å². The van der Waals surface area contributed by atoms with Crippen LogP contribution in [0.1, 0.15) is 29.6 Å². The smallest absolute Gasteiger partial charge is 0.389 e. The number of aliphatic hydroxyl groups is 1. The number of phenolic OH excluding ortho intramolecular Hbond substituents is 1. The average molecular weight is 481 g/mol. The highest BCUT2D eigenvalue weighted by atomic mass is 35.5. The monoisotopic (exact) mass is 480 g/mol. The molecule has 3 aromatic carbocycles. The number of hydrogen-bond donors (Lipinski definition) is 2. The van der Waals surface area contributed by atoms with Crippen molar-refractivity contribution in [3.63, 3.8) is 0 Å². The van der Waals surface area contributed by atoms with Crippen molar-refractivity contribution >= 4 is 34.1 Å². The van der Waals surface area contributed by atoms with E-state index in [0.29, 0.717) is 16.6 Å². The van der Waals surface area contributed by atoms with Gasteiger partial charge in [-0.05, 0) is 47.5 Å². The van der Waals surface area contributed by atoms with Crippen molar-refractivity contribution in [2.75, 3.05) is 0 Å². The highest BCUT2D eigenvalue weighted by Crippen LogP contribution is 2.43. The third-order valence-electron chi connectivity index (χ3n) is 5.24. The van der Waals surface area contributed by atoms with Gasteiger partial charge in [-0.25, -0.2) is 4.68 Å². The van der Waals surface area contributed by atoms with E-state index in [0.717, 1.165) is 0 Å². The standard InChI is InChI=1S/C23H17Cl2F3N2O2/c24-15-6-7-16(18(25)10-15)17(11-23(26,27)28)22(32)13-5-8-19-14(9-13)12-29-30(19)20-3-1-2-4-21(20)31/h1-10,12,17,22,31-32H,11H2. The molecule has 2 N–H and O–H groups in total. The van der Waals surface area contributed by atoms with Crippen LogP contribution in [0.3, 0.4) is 0 Å². The summed E-state index contributed by atoms with van der Waals surface area (Å²) in [6.45, 7) is 0. The molecule has 0 fully saturated rings. The Balaban J connectivity index is 1.74. The molecule has 0 amide bonds. The first-order valence-electron chi connectivity index (χ1n) is 9.60. The summed E-state index contributed by atoms with van der Waals surface area (Å²) in [6.07, 6.45) is -5.74. The van der Waals surface area contributed by atoms with Gasteiger partial charge in [0.15, 0.2) is 0 Å². The van der Waals surface area contributed by atoms with Crippen LogP contribution in [0.5, 0.6) is 5.75 Å². The molecule has 0 radical (unpaired) electrons. The van der Waals surface area contributed by atoms with Gasteiger partial charge in [0, 0.05) is 21.3 Å². The fraction of sp³-hybridized carbons (Fsp3) is 0.174. The van der Waals surface area contributed by atoms with Gasteiger partial charge >= 0.3 is 6.18 Å². The number of nitrogens with zero attached hydrogens (tertiary/aromatic N) is 2. The lowest BCUT2D eigenvalue weighted by atomic mass is 9.86. The summed E-state index contributed by atoms with van der Waals surface area (Å²) >= 11 is 12.1. The molecule has 2 atom stereocenters. The van der Waals surface area contributed by atoms with Crippen molar-refractivity contribution in [3.8, 4) is 11.4 Å². The van der Waals surface area contributed by atoms with Crippen LogP contribution in [0.2, 0.25) is 10.0 Å². The van der Waals surface area contributed by atoms with E-state index < -0.39 is 24.6 Å². The number of hydrogen-bond acceptors (Lipinski definition) is 3. The fourth-order valence-electron chi connectivity index (χ4n) is 3.75. The first kappa shape index (κ1) is 22.5. The molecule has 0 bridgehead atoms. The number of fused-ring (bicyclic) bond motifs is 1. The van der Waals surface area contributed by atoms with Crippen molar-refractivity contribution in [3.05, 3.63) is 88.0 Å². The number of aliphatic hydroxyl groups excluding tert-OH is 1. The predicted molar refractivity (Wildman–Crippen MR) is 118 cm³/mol. The van der Waals surface area contributed by atoms with E-state index in [-0.39, 0.29) is 26.9 Å². The molecule has 0 aliphatic carbocycles. The molecule has 0 aliphatic rings. The van der Waals surface area contributed by atoms with Crippen LogP contribution in [-0.4, -0.2) is 26.2 Å². The molecule has 0 spiro atoms. The van der Waals surface area contributed by atoms with E-state index in [1.54, 1.807) is 36.4 Å². The zero-order chi connectivity index (χ0) is 23.0. The molecule has 4 aromatic rings. The van der Waals surface area contributed by atoms with Crippen molar-refractivity contribution in [1.82, 2.24) is 9.78 Å². The van der Waals surface area contributed by atoms with E-state index in [4.69, 9.17) is 23.2 Å². The zero-order valence-corrected chi connectivity index (χ0v) is 17.9. The maximum atomic E-state index is 13.3. The van der Waals surface area contributed by atoms with Crippen LogP contribution in [0.4, 0.5) is 13.2 Å². The summed E-state index contributed by atoms with van der Waals surface area (Å²) in [5.74, 6) is -1.30. The number of aromatic hydroxyl groups is 1. The van der Waals surface area contributed by atoms with Gasteiger partial charge in [-0.3, -0.25) is 0 Å². The number of benzene rings is 3. The summed E-state index contributed by atoms with van der Waals surface area (Å²) in [5.41, 5.74) is 1.53. The molecule has 4 rings (SSSR count). The lowest BCUT2D eigenvalue weighted by Gasteiger charge is -2.26. The van der Waals surface area contributed by atoms with Gasteiger partial charge in [-0.1, -0.05) is 47.5 Å². The molecule has 0 saturated carbocycles. The normalized spacial score (nSPS) is 13.9.